The average Bonchev–Trinajstić information content (AvgIpc) is 2.88. The summed E-state index contributed by atoms with van der Waals surface area (Å²) < 4.78 is 7.72. The van der Waals surface area contributed by atoms with Crippen LogP contribution in [-0.2, 0) is 6.54 Å². The molecule has 0 saturated carbocycles. The molecule has 0 spiro atoms. The standard InChI is InChI=1S/C18H26N4O2/c1-13-5-6-16(11-17(13)24-10-4-7-19)18(23)20-8-9-22-12-21-14(2)15(22)3/h5-6,11-12H,4,7-10,19H2,1-3H3,(H,20,23). The normalized spacial score (nSPS) is 10.7. The second kappa shape index (κ2) is 8.49. The smallest absolute Gasteiger partial charge is 0.251 e. The lowest BCUT2D eigenvalue weighted by molar-refractivity contribution is 0.0951. The number of aromatic nitrogens is 2. The predicted molar refractivity (Wildman–Crippen MR) is 94.4 cm³/mol. The van der Waals surface area contributed by atoms with Crippen LogP contribution in [0.5, 0.6) is 5.75 Å². The summed E-state index contributed by atoms with van der Waals surface area (Å²) in [6.45, 7) is 8.35. The van der Waals surface area contributed by atoms with E-state index in [-0.39, 0.29) is 5.91 Å². The van der Waals surface area contributed by atoms with Gasteiger partial charge in [0, 0.05) is 24.3 Å². The third-order valence-electron chi connectivity index (χ3n) is 4.04. The van der Waals surface area contributed by atoms with Crippen LogP contribution in [0.15, 0.2) is 24.5 Å². The first-order chi connectivity index (χ1) is 11.5. The highest BCUT2D eigenvalue weighted by atomic mass is 16.5. The van der Waals surface area contributed by atoms with Crippen LogP contribution in [-0.4, -0.2) is 35.2 Å². The molecule has 0 aliphatic heterocycles. The maximum absolute atomic E-state index is 12.3. The highest BCUT2D eigenvalue weighted by molar-refractivity contribution is 5.94. The number of ether oxygens (including phenoxy) is 1. The molecule has 6 nitrogen and oxygen atoms in total. The monoisotopic (exact) mass is 330 g/mol. The van der Waals surface area contributed by atoms with Gasteiger partial charge in [0.2, 0.25) is 0 Å². The van der Waals surface area contributed by atoms with Crippen LogP contribution >= 0.6 is 0 Å². The summed E-state index contributed by atoms with van der Waals surface area (Å²) in [5.41, 5.74) is 9.21. The molecule has 0 aliphatic carbocycles. The number of amides is 1. The molecule has 1 aromatic carbocycles. The molecule has 0 atom stereocenters. The second-order valence-electron chi connectivity index (χ2n) is 5.84. The van der Waals surface area contributed by atoms with Gasteiger partial charge in [0.25, 0.3) is 5.91 Å². The number of nitrogens with zero attached hydrogens (tertiary/aromatic N) is 2. The van der Waals surface area contributed by atoms with Crippen LogP contribution in [0, 0.1) is 20.8 Å². The largest absolute Gasteiger partial charge is 0.493 e. The van der Waals surface area contributed by atoms with E-state index in [0.29, 0.717) is 31.8 Å². The summed E-state index contributed by atoms with van der Waals surface area (Å²) in [7, 11) is 0. The molecule has 0 bridgehead atoms. The zero-order valence-electron chi connectivity index (χ0n) is 14.6. The number of rotatable bonds is 8. The van der Waals surface area contributed by atoms with Crippen molar-refractivity contribution in [2.75, 3.05) is 19.7 Å². The maximum Gasteiger partial charge on any atom is 0.251 e. The Morgan fingerprint density at radius 1 is 1.33 bits per heavy atom. The fourth-order valence-electron chi connectivity index (χ4n) is 2.32. The lowest BCUT2D eigenvalue weighted by atomic mass is 10.1. The molecule has 0 unspecified atom stereocenters. The second-order valence-corrected chi connectivity index (χ2v) is 5.84. The molecule has 0 radical (unpaired) electrons. The van der Waals surface area contributed by atoms with Gasteiger partial charge in [0.1, 0.15) is 5.75 Å². The van der Waals surface area contributed by atoms with Crippen LogP contribution in [0.2, 0.25) is 0 Å². The first kappa shape index (κ1) is 18.0. The van der Waals surface area contributed by atoms with Crippen LogP contribution in [0.3, 0.4) is 0 Å². The van der Waals surface area contributed by atoms with Gasteiger partial charge in [-0.1, -0.05) is 6.07 Å². The van der Waals surface area contributed by atoms with Crippen LogP contribution in [0.4, 0.5) is 0 Å². The number of carbonyl (C=O) groups excluding carboxylic acids is 1. The average molecular weight is 330 g/mol. The molecule has 0 aliphatic rings. The first-order valence-electron chi connectivity index (χ1n) is 8.23. The number of hydrogen-bond donors (Lipinski definition) is 2. The van der Waals surface area contributed by atoms with Crippen molar-refractivity contribution >= 4 is 5.91 Å². The Labute approximate surface area is 143 Å². The summed E-state index contributed by atoms with van der Waals surface area (Å²) in [5.74, 6) is 0.630. The lowest BCUT2D eigenvalue weighted by Crippen LogP contribution is -2.27. The fraction of sp³-hybridized carbons (Fsp3) is 0.444. The van der Waals surface area contributed by atoms with Gasteiger partial charge in [-0.2, -0.15) is 0 Å². The zero-order valence-corrected chi connectivity index (χ0v) is 14.6. The highest BCUT2D eigenvalue weighted by Crippen LogP contribution is 2.19. The minimum Gasteiger partial charge on any atom is -0.493 e. The molecule has 0 fully saturated rings. The Balaban J connectivity index is 1.91. The van der Waals surface area contributed by atoms with Gasteiger partial charge in [-0.25, -0.2) is 4.98 Å². The van der Waals surface area contributed by atoms with E-state index in [9.17, 15) is 4.79 Å². The van der Waals surface area contributed by atoms with Crippen LogP contribution in [0.1, 0.15) is 33.7 Å². The number of benzene rings is 1. The van der Waals surface area contributed by atoms with Gasteiger partial charge in [0.05, 0.1) is 18.6 Å². The molecule has 2 rings (SSSR count). The molecule has 6 heteroatoms. The quantitative estimate of drug-likeness (QED) is 0.725. The minimum absolute atomic E-state index is 0.104. The number of nitrogens with one attached hydrogen (secondary N) is 1. The Morgan fingerprint density at radius 3 is 2.79 bits per heavy atom. The summed E-state index contributed by atoms with van der Waals surface area (Å²) >= 11 is 0. The Hall–Kier alpha value is -2.34. The lowest BCUT2D eigenvalue weighted by Gasteiger charge is -2.11. The number of aryl methyl sites for hydroxylation is 2. The van der Waals surface area contributed by atoms with Crippen LogP contribution < -0.4 is 15.8 Å². The van der Waals surface area contributed by atoms with E-state index in [2.05, 4.69) is 10.3 Å². The summed E-state index contributed by atoms with van der Waals surface area (Å²) in [6.07, 6.45) is 2.59. The molecule has 1 amide bonds. The third kappa shape index (κ3) is 4.58. The number of imidazole rings is 1. The summed E-state index contributed by atoms with van der Waals surface area (Å²) in [6, 6.07) is 5.50. The van der Waals surface area contributed by atoms with E-state index in [1.54, 1.807) is 12.4 Å². The molecular formula is C18H26N4O2. The Kier molecular flexibility index (Phi) is 6.37. The molecular weight excluding hydrogens is 304 g/mol. The Bertz CT molecular complexity index is 694. The topological polar surface area (TPSA) is 82.2 Å². The number of carbonyl (C=O) groups is 1. The molecule has 130 valence electrons. The first-order valence-corrected chi connectivity index (χ1v) is 8.23. The van der Waals surface area contributed by atoms with Gasteiger partial charge in [-0.15, -0.1) is 0 Å². The van der Waals surface area contributed by atoms with Crippen molar-refractivity contribution in [3.63, 3.8) is 0 Å². The minimum atomic E-state index is -0.104. The highest BCUT2D eigenvalue weighted by Gasteiger charge is 2.09. The molecule has 1 heterocycles. The van der Waals surface area contributed by atoms with E-state index < -0.39 is 0 Å². The summed E-state index contributed by atoms with van der Waals surface area (Å²) in [4.78, 5) is 16.6. The molecule has 24 heavy (non-hydrogen) atoms. The van der Waals surface area contributed by atoms with E-state index in [4.69, 9.17) is 10.5 Å². The number of nitrogens with two attached hydrogens (primary N) is 1. The van der Waals surface area contributed by atoms with Gasteiger partial charge in [-0.05, 0) is 51.4 Å². The predicted octanol–water partition coefficient (Wildman–Crippen LogP) is 1.97. The van der Waals surface area contributed by atoms with Crippen molar-refractivity contribution in [2.45, 2.75) is 33.7 Å². The van der Waals surface area contributed by atoms with Crippen molar-refractivity contribution in [3.05, 3.63) is 47.0 Å². The molecule has 0 saturated heterocycles. The zero-order chi connectivity index (χ0) is 17.5. The van der Waals surface area contributed by atoms with Gasteiger partial charge in [0.15, 0.2) is 0 Å². The maximum atomic E-state index is 12.3. The van der Waals surface area contributed by atoms with Crippen molar-refractivity contribution in [3.8, 4) is 5.75 Å². The summed E-state index contributed by atoms with van der Waals surface area (Å²) in [5, 5.41) is 2.93. The van der Waals surface area contributed by atoms with E-state index >= 15 is 0 Å². The van der Waals surface area contributed by atoms with Gasteiger partial charge < -0.3 is 20.4 Å². The fourth-order valence-corrected chi connectivity index (χ4v) is 2.32. The van der Waals surface area contributed by atoms with Crippen LogP contribution in [0.25, 0.3) is 0 Å². The van der Waals surface area contributed by atoms with Crippen molar-refractivity contribution < 1.29 is 9.53 Å². The van der Waals surface area contributed by atoms with Crippen molar-refractivity contribution in [1.29, 1.82) is 0 Å². The third-order valence-corrected chi connectivity index (χ3v) is 4.04. The Morgan fingerprint density at radius 2 is 2.12 bits per heavy atom. The van der Waals surface area contributed by atoms with Crippen molar-refractivity contribution in [1.82, 2.24) is 14.9 Å². The van der Waals surface area contributed by atoms with E-state index in [0.717, 1.165) is 29.1 Å². The van der Waals surface area contributed by atoms with Gasteiger partial charge in [-0.3, -0.25) is 4.79 Å². The van der Waals surface area contributed by atoms with E-state index in [1.807, 2.05) is 37.5 Å². The van der Waals surface area contributed by atoms with E-state index in [1.165, 1.54) is 0 Å². The SMILES string of the molecule is Cc1ccc(C(=O)NCCn2cnc(C)c2C)cc1OCCCN. The molecule has 2 aromatic rings. The number of hydrogen-bond acceptors (Lipinski definition) is 4. The van der Waals surface area contributed by atoms with Gasteiger partial charge >= 0.3 is 0 Å². The molecule has 1 aromatic heterocycles. The molecule has 3 N–H and O–H groups in total. The van der Waals surface area contributed by atoms with Crippen molar-refractivity contribution in [2.24, 2.45) is 5.73 Å².